The number of amides is 3. The van der Waals surface area contributed by atoms with Gasteiger partial charge in [-0.15, -0.1) is 0 Å². The number of hydrogen-bond acceptors (Lipinski definition) is 3. The number of hydrogen-bond donors (Lipinski definition) is 2. The molecule has 0 spiro atoms. The zero-order chi connectivity index (χ0) is 22.2. The average molecular weight is 426 g/mol. The molecule has 31 heavy (non-hydrogen) atoms. The van der Waals surface area contributed by atoms with Crippen LogP contribution in [0.3, 0.4) is 0 Å². The summed E-state index contributed by atoms with van der Waals surface area (Å²) >= 11 is 0. The lowest BCUT2D eigenvalue weighted by atomic mass is 9.96. The summed E-state index contributed by atoms with van der Waals surface area (Å²) in [5.41, 5.74) is 0.760. The van der Waals surface area contributed by atoms with E-state index in [9.17, 15) is 18.8 Å². The van der Waals surface area contributed by atoms with Gasteiger partial charge in [0.15, 0.2) is 0 Å². The van der Waals surface area contributed by atoms with Gasteiger partial charge in [0.05, 0.1) is 11.5 Å². The van der Waals surface area contributed by atoms with E-state index in [0.29, 0.717) is 30.9 Å². The first kappa shape index (κ1) is 22.5. The number of benzene rings is 2. The summed E-state index contributed by atoms with van der Waals surface area (Å²) in [6.07, 6.45) is 3.48. The smallest absolute Gasteiger partial charge is 0.258 e. The van der Waals surface area contributed by atoms with E-state index < -0.39 is 11.7 Å². The van der Waals surface area contributed by atoms with Crippen molar-refractivity contribution >= 4 is 23.4 Å². The van der Waals surface area contributed by atoms with E-state index in [1.807, 2.05) is 0 Å². The Hall–Kier alpha value is -3.22. The molecule has 1 aliphatic heterocycles. The normalized spacial score (nSPS) is 15.9. The number of carbonyl (C=O) groups is 3. The number of unbranched alkanes of at least 4 members (excludes halogenated alkanes) is 1. The maximum atomic E-state index is 13.8. The Bertz CT molecular complexity index is 947. The average Bonchev–Trinajstić information content (AvgIpc) is 2.79. The van der Waals surface area contributed by atoms with Crippen molar-refractivity contribution in [3.8, 4) is 0 Å². The fraction of sp³-hybridized carbons (Fsp3) is 0.375. The monoisotopic (exact) mass is 425 g/mol. The molecule has 3 rings (SSSR count). The largest absolute Gasteiger partial charge is 0.356 e. The van der Waals surface area contributed by atoms with E-state index >= 15 is 0 Å². The van der Waals surface area contributed by atoms with Gasteiger partial charge in [0.25, 0.3) is 11.8 Å². The van der Waals surface area contributed by atoms with E-state index in [1.165, 1.54) is 18.2 Å². The Labute approximate surface area is 181 Å². The van der Waals surface area contributed by atoms with Crippen molar-refractivity contribution < 1.29 is 18.8 Å². The van der Waals surface area contributed by atoms with Crippen LogP contribution in [0.1, 0.15) is 53.3 Å². The third-order valence-corrected chi connectivity index (χ3v) is 5.39. The van der Waals surface area contributed by atoms with Crippen molar-refractivity contribution in [1.82, 2.24) is 10.2 Å². The van der Waals surface area contributed by atoms with Gasteiger partial charge in [-0.2, -0.15) is 0 Å². The number of rotatable bonds is 7. The van der Waals surface area contributed by atoms with Crippen molar-refractivity contribution in [2.45, 2.75) is 32.6 Å². The van der Waals surface area contributed by atoms with Crippen molar-refractivity contribution in [3.05, 3.63) is 65.5 Å². The Morgan fingerprint density at radius 1 is 1.13 bits per heavy atom. The first-order valence-corrected chi connectivity index (χ1v) is 10.7. The third-order valence-electron chi connectivity index (χ3n) is 5.39. The van der Waals surface area contributed by atoms with Crippen LogP contribution in [-0.4, -0.2) is 42.3 Å². The first-order valence-electron chi connectivity index (χ1n) is 10.7. The summed E-state index contributed by atoms with van der Waals surface area (Å²) in [7, 11) is 0. The zero-order valence-corrected chi connectivity index (χ0v) is 17.7. The Morgan fingerprint density at radius 3 is 2.71 bits per heavy atom. The van der Waals surface area contributed by atoms with E-state index in [0.717, 1.165) is 25.7 Å². The van der Waals surface area contributed by atoms with Crippen molar-refractivity contribution in [2.24, 2.45) is 5.92 Å². The summed E-state index contributed by atoms with van der Waals surface area (Å²) in [6.45, 7) is 3.69. The van der Waals surface area contributed by atoms with Gasteiger partial charge in [0, 0.05) is 30.9 Å². The van der Waals surface area contributed by atoms with E-state index in [2.05, 4.69) is 17.6 Å². The van der Waals surface area contributed by atoms with Crippen LogP contribution in [0.2, 0.25) is 0 Å². The second kappa shape index (κ2) is 10.7. The molecule has 6 nitrogen and oxygen atoms in total. The minimum Gasteiger partial charge on any atom is -0.356 e. The van der Waals surface area contributed by atoms with Crippen molar-refractivity contribution in [2.75, 3.05) is 25.0 Å². The Balaban J connectivity index is 1.65. The minimum absolute atomic E-state index is 0.00292. The molecule has 0 unspecified atom stereocenters. The zero-order valence-electron chi connectivity index (χ0n) is 17.7. The molecule has 1 heterocycles. The van der Waals surface area contributed by atoms with Gasteiger partial charge in [-0.05, 0) is 49.6 Å². The van der Waals surface area contributed by atoms with Crippen LogP contribution in [0.4, 0.5) is 10.1 Å². The highest BCUT2D eigenvalue weighted by Crippen LogP contribution is 2.21. The quantitative estimate of drug-likeness (QED) is 0.662. The molecule has 0 aromatic heterocycles. The molecule has 2 aromatic rings. The van der Waals surface area contributed by atoms with E-state index in [1.54, 1.807) is 35.2 Å². The number of likely N-dealkylation sites (tertiary alicyclic amines) is 1. The van der Waals surface area contributed by atoms with Crippen molar-refractivity contribution in [1.29, 1.82) is 0 Å². The number of nitrogens with zero attached hydrogens (tertiary/aromatic N) is 1. The van der Waals surface area contributed by atoms with Gasteiger partial charge in [0.1, 0.15) is 5.82 Å². The van der Waals surface area contributed by atoms with Crippen LogP contribution in [0.25, 0.3) is 0 Å². The molecule has 0 saturated carbocycles. The summed E-state index contributed by atoms with van der Waals surface area (Å²) < 4.78 is 13.8. The SMILES string of the molecule is CCCCNC(=O)[C@@H]1CCCN(C(=O)c2cccc(NC(=O)c3ccccc3F)c2)C1. The van der Waals surface area contributed by atoms with Crippen LogP contribution < -0.4 is 10.6 Å². The highest BCUT2D eigenvalue weighted by Gasteiger charge is 2.28. The molecule has 3 amide bonds. The van der Waals surface area contributed by atoms with Crippen LogP contribution in [-0.2, 0) is 4.79 Å². The number of halogens is 1. The van der Waals surface area contributed by atoms with Gasteiger partial charge in [0.2, 0.25) is 5.91 Å². The lowest BCUT2D eigenvalue weighted by Gasteiger charge is -2.32. The second-order valence-corrected chi connectivity index (χ2v) is 7.75. The number of anilines is 1. The highest BCUT2D eigenvalue weighted by atomic mass is 19.1. The van der Waals surface area contributed by atoms with Crippen LogP contribution in [0.5, 0.6) is 0 Å². The third kappa shape index (κ3) is 5.90. The number of nitrogens with one attached hydrogen (secondary N) is 2. The summed E-state index contributed by atoms with van der Waals surface area (Å²) in [6, 6.07) is 12.3. The standard InChI is InChI=1S/C24H28FN3O3/c1-2-3-13-26-22(29)18-9-7-14-28(16-18)24(31)17-8-6-10-19(15-17)27-23(30)20-11-4-5-12-21(20)25/h4-6,8,10-12,15,18H,2-3,7,9,13-14,16H2,1H3,(H,26,29)(H,27,30)/t18-/m1/s1. The van der Waals surface area contributed by atoms with Crippen LogP contribution >= 0.6 is 0 Å². The molecule has 7 heteroatoms. The highest BCUT2D eigenvalue weighted by molar-refractivity contribution is 6.05. The molecular weight excluding hydrogens is 397 g/mol. The summed E-state index contributed by atoms with van der Waals surface area (Å²) in [5, 5.41) is 5.59. The molecule has 0 aliphatic carbocycles. The maximum Gasteiger partial charge on any atom is 0.258 e. The van der Waals surface area contributed by atoms with E-state index in [4.69, 9.17) is 0 Å². The molecule has 1 aliphatic rings. The van der Waals surface area contributed by atoms with Gasteiger partial charge in [-0.3, -0.25) is 14.4 Å². The predicted molar refractivity (Wildman–Crippen MR) is 117 cm³/mol. The minimum atomic E-state index is -0.608. The van der Waals surface area contributed by atoms with Gasteiger partial charge < -0.3 is 15.5 Å². The van der Waals surface area contributed by atoms with Gasteiger partial charge >= 0.3 is 0 Å². The molecule has 164 valence electrons. The Kier molecular flexibility index (Phi) is 7.76. The topological polar surface area (TPSA) is 78.5 Å². The lowest BCUT2D eigenvalue weighted by Crippen LogP contribution is -2.45. The van der Waals surface area contributed by atoms with Crippen LogP contribution in [0.15, 0.2) is 48.5 Å². The van der Waals surface area contributed by atoms with Crippen molar-refractivity contribution in [3.63, 3.8) is 0 Å². The molecule has 2 N–H and O–H groups in total. The predicted octanol–water partition coefficient (Wildman–Crippen LogP) is 3.85. The maximum absolute atomic E-state index is 13.8. The molecule has 2 aromatic carbocycles. The number of piperidine rings is 1. The van der Waals surface area contributed by atoms with E-state index in [-0.39, 0.29) is 23.3 Å². The molecule has 0 bridgehead atoms. The fourth-order valence-corrected chi connectivity index (χ4v) is 3.66. The first-order chi connectivity index (χ1) is 15.0. The van der Waals surface area contributed by atoms with Gasteiger partial charge in [-0.25, -0.2) is 4.39 Å². The number of carbonyl (C=O) groups excluding carboxylic acids is 3. The van der Waals surface area contributed by atoms with Crippen LogP contribution in [0, 0.1) is 11.7 Å². The van der Waals surface area contributed by atoms with Gasteiger partial charge in [-0.1, -0.05) is 31.5 Å². The lowest BCUT2D eigenvalue weighted by molar-refractivity contribution is -0.126. The molecule has 1 saturated heterocycles. The summed E-state index contributed by atoms with van der Waals surface area (Å²) in [4.78, 5) is 39.4. The molecule has 1 fully saturated rings. The molecular formula is C24H28FN3O3. The molecule has 1 atom stereocenters. The summed E-state index contributed by atoms with van der Waals surface area (Å²) in [5.74, 6) is -1.59. The molecule has 0 radical (unpaired) electrons. The second-order valence-electron chi connectivity index (χ2n) is 7.75. The fourth-order valence-electron chi connectivity index (χ4n) is 3.66. The Morgan fingerprint density at radius 2 is 1.94 bits per heavy atom.